The van der Waals surface area contributed by atoms with Gasteiger partial charge in [0.15, 0.2) is 5.82 Å². The fraction of sp³-hybridized carbons (Fsp3) is 0.667. The van der Waals surface area contributed by atoms with Crippen LogP contribution in [0.1, 0.15) is 12.8 Å². The quantitative estimate of drug-likeness (QED) is 0.653. The van der Waals surface area contributed by atoms with Gasteiger partial charge in [-0.15, -0.1) is 5.10 Å². The molecule has 0 fully saturated rings. The van der Waals surface area contributed by atoms with E-state index in [0.717, 1.165) is 6.42 Å². The Morgan fingerprint density at radius 3 is 2.91 bits per heavy atom. The maximum Gasteiger partial charge on any atom is 0.165 e. The van der Waals surface area contributed by atoms with Crippen LogP contribution in [0.2, 0.25) is 0 Å². The SMILES string of the molecule is Nc1cnn(CCCCF)n1. The van der Waals surface area contributed by atoms with Crippen molar-refractivity contribution in [2.45, 2.75) is 19.4 Å². The van der Waals surface area contributed by atoms with Crippen molar-refractivity contribution < 1.29 is 4.39 Å². The van der Waals surface area contributed by atoms with Crippen LogP contribution in [0.15, 0.2) is 6.20 Å². The van der Waals surface area contributed by atoms with Crippen LogP contribution in [-0.4, -0.2) is 21.7 Å². The van der Waals surface area contributed by atoms with Crippen LogP contribution in [0.4, 0.5) is 10.2 Å². The number of nitrogens with two attached hydrogens (primary N) is 1. The molecule has 0 saturated heterocycles. The second-order valence-corrected chi connectivity index (χ2v) is 2.26. The summed E-state index contributed by atoms with van der Waals surface area (Å²) in [6.07, 6.45) is 2.79. The monoisotopic (exact) mass is 158 g/mol. The normalized spacial score (nSPS) is 10.3. The average Bonchev–Trinajstić information content (AvgIpc) is 2.37. The second kappa shape index (κ2) is 3.90. The molecule has 1 aromatic rings. The smallest absolute Gasteiger partial charge is 0.165 e. The zero-order valence-electron chi connectivity index (χ0n) is 6.20. The number of nitrogen functional groups attached to an aromatic ring is 1. The molecule has 11 heavy (non-hydrogen) atoms. The van der Waals surface area contributed by atoms with E-state index in [2.05, 4.69) is 10.2 Å². The lowest BCUT2D eigenvalue weighted by Gasteiger charge is -1.95. The molecule has 0 saturated carbocycles. The highest BCUT2D eigenvalue weighted by atomic mass is 19.1. The van der Waals surface area contributed by atoms with Crippen molar-refractivity contribution in [3.8, 4) is 0 Å². The van der Waals surface area contributed by atoms with Crippen molar-refractivity contribution in [3.63, 3.8) is 0 Å². The Morgan fingerprint density at radius 2 is 2.36 bits per heavy atom. The molecular formula is C6H11FN4. The summed E-state index contributed by atoms with van der Waals surface area (Å²) in [5, 5.41) is 7.69. The first-order chi connectivity index (χ1) is 5.33. The van der Waals surface area contributed by atoms with E-state index < -0.39 is 0 Å². The largest absolute Gasteiger partial charge is 0.381 e. The Balaban J connectivity index is 2.27. The van der Waals surface area contributed by atoms with Crippen molar-refractivity contribution in [2.75, 3.05) is 12.4 Å². The second-order valence-electron chi connectivity index (χ2n) is 2.26. The number of alkyl halides is 1. The number of anilines is 1. The van der Waals surface area contributed by atoms with E-state index in [-0.39, 0.29) is 6.67 Å². The van der Waals surface area contributed by atoms with E-state index in [4.69, 9.17) is 5.73 Å². The number of nitrogens with zero attached hydrogens (tertiary/aromatic N) is 3. The van der Waals surface area contributed by atoms with Gasteiger partial charge in [-0.25, -0.2) is 0 Å². The minimum Gasteiger partial charge on any atom is -0.381 e. The van der Waals surface area contributed by atoms with Crippen LogP contribution in [-0.2, 0) is 6.54 Å². The van der Waals surface area contributed by atoms with E-state index in [1.807, 2.05) is 0 Å². The van der Waals surface area contributed by atoms with Crippen molar-refractivity contribution in [1.29, 1.82) is 0 Å². The van der Waals surface area contributed by atoms with Crippen LogP contribution in [0.25, 0.3) is 0 Å². The molecule has 1 aromatic heterocycles. The zero-order valence-corrected chi connectivity index (χ0v) is 6.20. The molecule has 0 aliphatic rings. The fourth-order valence-corrected chi connectivity index (χ4v) is 0.766. The van der Waals surface area contributed by atoms with Gasteiger partial charge in [-0.3, -0.25) is 4.39 Å². The summed E-state index contributed by atoms with van der Waals surface area (Å²) in [6, 6.07) is 0. The highest BCUT2D eigenvalue weighted by Gasteiger charge is 1.94. The predicted octanol–water partition coefficient (Wildman–Crippen LogP) is 0.610. The third kappa shape index (κ3) is 2.53. The van der Waals surface area contributed by atoms with Crippen molar-refractivity contribution in [3.05, 3.63) is 6.20 Å². The van der Waals surface area contributed by atoms with E-state index in [1.54, 1.807) is 0 Å². The molecule has 5 heteroatoms. The van der Waals surface area contributed by atoms with Crippen LogP contribution >= 0.6 is 0 Å². The summed E-state index contributed by atoms with van der Waals surface area (Å²) in [5.74, 6) is 0.408. The lowest BCUT2D eigenvalue weighted by atomic mass is 10.3. The third-order valence-corrected chi connectivity index (χ3v) is 1.30. The third-order valence-electron chi connectivity index (χ3n) is 1.30. The van der Waals surface area contributed by atoms with Gasteiger partial charge in [0.25, 0.3) is 0 Å². The van der Waals surface area contributed by atoms with Gasteiger partial charge in [-0.2, -0.15) is 9.90 Å². The van der Waals surface area contributed by atoms with Crippen LogP contribution in [0, 0.1) is 0 Å². The summed E-state index contributed by atoms with van der Waals surface area (Å²) in [5.41, 5.74) is 5.31. The van der Waals surface area contributed by atoms with Crippen LogP contribution in [0.5, 0.6) is 0 Å². The predicted molar refractivity (Wildman–Crippen MR) is 39.6 cm³/mol. The van der Waals surface area contributed by atoms with Gasteiger partial charge in [0.1, 0.15) is 0 Å². The van der Waals surface area contributed by atoms with E-state index in [9.17, 15) is 4.39 Å². The first-order valence-electron chi connectivity index (χ1n) is 3.54. The molecule has 4 nitrogen and oxygen atoms in total. The Kier molecular flexibility index (Phi) is 2.83. The number of halogens is 1. The summed E-state index contributed by atoms with van der Waals surface area (Å²) in [4.78, 5) is 1.48. The molecule has 1 heterocycles. The van der Waals surface area contributed by atoms with Crippen molar-refractivity contribution >= 4 is 5.82 Å². The van der Waals surface area contributed by atoms with Gasteiger partial charge in [0.2, 0.25) is 0 Å². The summed E-state index contributed by atoms with van der Waals surface area (Å²) < 4.78 is 11.6. The topological polar surface area (TPSA) is 56.7 Å². The van der Waals surface area contributed by atoms with Gasteiger partial charge in [0.05, 0.1) is 19.4 Å². The number of hydrogen-bond acceptors (Lipinski definition) is 3. The maximum absolute atomic E-state index is 11.6. The van der Waals surface area contributed by atoms with Gasteiger partial charge in [-0.1, -0.05) is 0 Å². The minimum absolute atomic E-state index is 0.281. The molecule has 0 amide bonds. The molecule has 62 valence electrons. The highest BCUT2D eigenvalue weighted by Crippen LogP contribution is 1.95. The van der Waals surface area contributed by atoms with Crippen LogP contribution < -0.4 is 5.73 Å². The van der Waals surface area contributed by atoms with Crippen molar-refractivity contribution in [2.24, 2.45) is 0 Å². The average molecular weight is 158 g/mol. The fourth-order valence-electron chi connectivity index (χ4n) is 0.766. The number of rotatable bonds is 4. The number of aromatic nitrogens is 3. The van der Waals surface area contributed by atoms with E-state index in [0.29, 0.717) is 18.8 Å². The Bertz CT molecular complexity index is 210. The Labute approximate surface area is 64.2 Å². The van der Waals surface area contributed by atoms with Crippen LogP contribution in [0.3, 0.4) is 0 Å². The van der Waals surface area contributed by atoms with Gasteiger partial charge >= 0.3 is 0 Å². The Morgan fingerprint density at radius 1 is 1.55 bits per heavy atom. The summed E-state index contributed by atoms with van der Waals surface area (Å²) >= 11 is 0. The molecule has 0 bridgehead atoms. The van der Waals surface area contributed by atoms with E-state index in [1.165, 1.54) is 11.0 Å². The number of unbranched alkanes of at least 4 members (excludes halogenated alkanes) is 1. The molecule has 0 unspecified atom stereocenters. The lowest BCUT2D eigenvalue weighted by molar-refractivity contribution is 0.426. The molecule has 0 aliphatic carbocycles. The molecule has 1 rings (SSSR count). The Hall–Kier alpha value is -1.13. The molecule has 0 spiro atoms. The maximum atomic E-state index is 11.6. The molecule has 2 N–H and O–H groups in total. The molecular weight excluding hydrogens is 147 g/mol. The van der Waals surface area contributed by atoms with Crippen molar-refractivity contribution in [1.82, 2.24) is 15.0 Å². The standard InChI is InChI=1S/C6H11FN4/c7-3-1-2-4-11-9-5-6(8)10-11/h5H,1-4H2,(H2,8,10). The van der Waals surface area contributed by atoms with Gasteiger partial charge in [0, 0.05) is 0 Å². The first-order valence-corrected chi connectivity index (χ1v) is 3.54. The summed E-state index contributed by atoms with van der Waals surface area (Å²) in [7, 11) is 0. The lowest BCUT2D eigenvalue weighted by Crippen LogP contribution is -2.02. The highest BCUT2D eigenvalue weighted by molar-refractivity contribution is 5.19. The molecule has 0 aliphatic heterocycles. The molecule has 0 radical (unpaired) electrons. The van der Waals surface area contributed by atoms with Gasteiger partial charge in [-0.05, 0) is 12.8 Å². The number of hydrogen-bond donors (Lipinski definition) is 1. The number of aryl methyl sites for hydroxylation is 1. The van der Waals surface area contributed by atoms with E-state index >= 15 is 0 Å². The molecule has 0 atom stereocenters. The molecule has 0 aromatic carbocycles. The van der Waals surface area contributed by atoms with Gasteiger partial charge < -0.3 is 5.73 Å². The first kappa shape index (κ1) is 7.97. The summed E-state index contributed by atoms with van der Waals surface area (Å²) in [6.45, 7) is 0.359. The zero-order chi connectivity index (χ0) is 8.10. The minimum atomic E-state index is -0.281.